The minimum atomic E-state index is -4.05. The summed E-state index contributed by atoms with van der Waals surface area (Å²) < 4.78 is 51.3. The number of halogens is 6. The summed E-state index contributed by atoms with van der Waals surface area (Å²) in [6.07, 6.45) is 1.37. The van der Waals surface area contributed by atoms with Crippen molar-refractivity contribution >= 4 is 102 Å². The Hall–Kier alpha value is -0.580. The highest BCUT2D eigenvalue weighted by Crippen LogP contribution is 2.27. The van der Waals surface area contributed by atoms with Gasteiger partial charge in [-0.1, -0.05) is 93.9 Å². The lowest BCUT2D eigenvalue weighted by atomic mass is 10.1. The predicted octanol–water partition coefficient (Wildman–Crippen LogP) is 5.61. The van der Waals surface area contributed by atoms with Crippen LogP contribution in [-0.4, -0.2) is 36.8 Å². The van der Waals surface area contributed by atoms with Gasteiger partial charge in [-0.2, -0.15) is 25.6 Å². The van der Waals surface area contributed by atoms with E-state index in [1.165, 1.54) is 48.5 Å². The second kappa shape index (κ2) is 9.50. The highest BCUT2D eigenvalue weighted by atomic mass is 35.6. The molecular formula is C16H10Cl6N2O4S2. The monoisotopic (exact) mass is 568 g/mol. The van der Waals surface area contributed by atoms with Crippen LogP contribution in [0, 0.1) is 0 Å². The van der Waals surface area contributed by atoms with Crippen molar-refractivity contribution < 1.29 is 16.8 Å². The van der Waals surface area contributed by atoms with Crippen LogP contribution in [0.25, 0.3) is 11.1 Å². The molecule has 2 aromatic rings. The SMILES string of the molecule is O=S(=O)(N=CC(Cl)(Cl)Cl)c1ccc(-c2ccc(S(=O)(=O)N=CC(Cl)(Cl)Cl)cc2)cc1. The number of alkyl halides is 6. The largest absolute Gasteiger partial charge is 0.282 e. The molecule has 0 heterocycles. The topological polar surface area (TPSA) is 93.0 Å². The van der Waals surface area contributed by atoms with Crippen LogP contribution in [0.4, 0.5) is 0 Å². The second-order valence-corrected chi connectivity index (χ2v) is 13.6. The third-order valence-electron chi connectivity index (χ3n) is 3.31. The first kappa shape index (κ1) is 25.7. The zero-order valence-electron chi connectivity index (χ0n) is 14.4. The molecule has 0 atom stereocenters. The maximum Gasteiger partial charge on any atom is 0.282 e. The van der Waals surface area contributed by atoms with Crippen LogP contribution in [-0.2, 0) is 20.0 Å². The zero-order chi connectivity index (χ0) is 22.8. The van der Waals surface area contributed by atoms with Crippen molar-refractivity contribution in [2.75, 3.05) is 0 Å². The van der Waals surface area contributed by atoms with Gasteiger partial charge in [-0.25, -0.2) is 0 Å². The summed E-state index contributed by atoms with van der Waals surface area (Å²) in [5.41, 5.74) is 1.24. The van der Waals surface area contributed by atoms with E-state index >= 15 is 0 Å². The summed E-state index contributed by atoms with van der Waals surface area (Å²) in [6.45, 7) is 0. The fraction of sp³-hybridized carbons (Fsp3) is 0.125. The molecule has 0 aromatic heterocycles. The molecule has 0 unspecified atom stereocenters. The fourth-order valence-corrected chi connectivity index (χ4v) is 4.46. The van der Waals surface area contributed by atoms with E-state index in [0.29, 0.717) is 23.6 Å². The van der Waals surface area contributed by atoms with Crippen LogP contribution in [0.1, 0.15) is 0 Å². The number of hydrogen-bond acceptors (Lipinski definition) is 4. The quantitative estimate of drug-likeness (QED) is 0.345. The maximum atomic E-state index is 12.1. The Bertz CT molecular complexity index is 1070. The first-order chi connectivity index (χ1) is 13.6. The number of rotatable bonds is 5. The van der Waals surface area contributed by atoms with Gasteiger partial charge in [0.1, 0.15) is 0 Å². The molecule has 0 amide bonds. The molecule has 0 aliphatic rings. The summed E-state index contributed by atoms with van der Waals surface area (Å²) >= 11 is 32.8. The molecule has 2 aromatic carbocycles. The molecule has 0 aliphatic carbocycles. The summed E-state index contributed by atoms with van der Waals surface area (Å²) in [6, 6.07) is 11.3. The highest BCUT2D eigenvalue weighted by molar-refractivity contribution is 7.90. The summed E-state index contributed by atoms with van der Waals surface area (Å²) in [5.74, 6) is 0. The van der Waals surface area contributed by atoms with Crippen molar-refractivity contribution in [3.8, 4) is 11.1 Å². The number of benzene rings is 2. The van der Waals surface area contributed by atoms with E-state index in [0.717, 1.165) is 0 Å². The Morgan fingerprint density at radius 3 is 1.07 bits per heavy atom. The van der Waals surface area contributed by atoms with Crippen molar-refractivity contribution in [1.29, 1.82) is 0 Å². The lowest BCUT2D eigenvalue weighted by molar-refractivity contribution is 0.596. The van der Waals surface area contributed by atoms with Gasteiger partial charge < -0.3 is 0 Å². The Labute approximate surface area is 203 Å². The molecule has 162 valence electrons. The average Bonchev–Trinajstić information content (AvgIpc) is 2.64. The first-order valence-corrected chi connectivity index (χ1v) is 12.7. The first-order valence-electron chi connectivity index (χ1n) is 7.56. The van der Waals surface area contributed by atoms with Gasteiger partial charge in [-0.3, -0.25) is 0 Å². The molecule has 0 aliphatic heterocycles. The molecule has 0 radical (unpaired) electrons. The van der Waals surface area contributed by atoms with Crippen LogP contribution in [0.3, 0.4) is 0 Å². The van der Waals surface area contributed by atoms with E-state index < -0.39 is 27.6 Å². The van der Waals surface area contributed by atoms with Gasteiger partial charge in [0, 0.05) is 0 Å². The second-order valence-electron chi connectivity index (χ2n) is 5.55. The van der Waals surface area contributed by atoms with Gasteiger partial charge in [0.05, 0.1) is 22.2 Å². The lowest BCUT2D eigenvalue weighted by Gasteiger charge is -2.06. The standard InChI is InChI=1S/C16H10Cl6N2O4S2/c17-15(18,19)9-23-29(25,26)13-5-1-11(2-6-13)12-3-7-14(8-4-12)30(27,28)24-10-16(20,21)22/h1-10H. The number of nitrogens with zero attached hydrogens (tertiary/aromatic N) is 2. The zero-order valence-corrected chi connectivity index (χ0v) is 20.6. The molecule has 0 N–H and O–H groups in total. The molecule has 30 heavy (non-hydrogen) atoms. The van der Waals surface area contributed by atoms with Gasteiger partial charge in [0.2, 0.25) is 7.59 Å². The van der Waals surface area contributed by atoms with Crippen LogP contribution < -0.4 is 0 Å². The van der Waals surface area contributed by atoms with Crippen LogP contribution in [0.2, 0.25) is 0 Å². The molecule has 0 spiro atoms. The molecule has 2 rings (SSSR count). The van der Waals surface area contributed by atoms with Gasteiger partial charge in [0.25, 0.3) is 20.0 Å². The fourth-order valence-electron chi connectivity index (χ4n) is 2.02. The van der Waals surface area contributed by atoms with Crippen LogP contribution in [0.15, 0.2) is 67.1 Å². The molecule has 0 saturated heterocycles. The van der Waals surface area contributed by atoms with Crippen molar-refractivity contribution in [3.63, 3.8) is 0 Å². The molecule has 0 saturated carbocycles. The predicted molar refractivity (Wildman–Crippen MR) is 124 cm³/mol. The number of sulfonamides is 2. The van der Waals surface area contributed by atoms with E-state index in [1.807, 2.05) is 0 Å². The van der Waals surface area contributed by atoms with Crippen molar-refractivity contribution in [2.24, 2.45) is 8.80 Å². The Balaban J connectivity index is 2.26. The Kier molecular flexibility index (Phi) is 8.13. The van der Waals surface area contributed by atoms with Gasteiger partial charge >= 0.3 is 0 Å². The van der Waals surface area contributed by atoms with Gasteiger partial charge in [-0.05, 0) is 35.4 Å². The Morgan fingerprint density at radius 1 is 0.567 bits per heavy atom. The minimum absolute atomic E-state index is 0.114. The lowest BCUT2D eigenvalue weighted by Crippen LogP contribution is -2.07. The molecule has 0 bridgehead atoms. The summed E-state index contributed by atoms with van der Waals surface area (Å²) in [7, 11) is -8.10. The number of hydrogen-bond donors (Lipinski definition) is 0. The van der Waals surface area contributed by atoms with Crippen molar-refractivity contribution in [2.45, 2.75) is 17.4 Å². The van der Waals surface area contributed by atoms with E-state index in [4.69, 9.17) is 69.6 Å². The van der Waals surface area contributed by atoms with Gasteiger partial charge in [0.15, 0.2) is 0 Å². The van der Waals surface area contributed by atoms with Crippen LogP contribution >= 0.6 is 69.6 Å². The average molecular weight is 571 g/mol. The third-order valence-corrected chi connectivity index (χ3v) is 6.40. The van der Waals surface area contributed by atoms with Crippen molar-refractivity contribution in [1.82, 2.24) is 0 Å². The molecule has 0 fully saturated rings. The highest BCUT2D eigenvalue weighted by Gasteiger charge is 2.21. The maximum absolute atomic E-state index is 12.1. The smallest absolute Gasteiger partial charge is 0.199 e. The summed E-state index contributed by atoms with van der Waals surface area (Å²) in [5, 5.41) is 0. The Morgan fingerprint density at radius 2 is 0.833 bits per heavy atom. The molecule has 6 nitrogen and oxygen atoms in total. The van der Waals surface area contributed by atoms with Gasteiger partial charge in [-0.15, -0.1) is 0 Å². The third kappa shape index (κ3) is 7.84. The molecule has 14 heteroatoms. The van der Waals surface area contributed by atoms with E-state index in [2.05, 4.69) is 8.80 Å². The minimum Gasteiger partial charge on any atom is -0.199 e. The van der Waals surface area contributed by atoms with Crippen LogP contribution in [0.5, 0.6) is 0 Å². The van der Waals surface area contributed by atoms with Crippen molar-refractivity contribution in [3.05, 3.63) is 48.5 Å². The van der Waals surface area contributed by atoms with E-state index in [-0.39, 0.29) is 9.79 Å². The van der Waals surface area contributed by atoms with E-state index in [9.17, 15) is 16.8 Å². The van der Waals surface area contributed by atoms with E-state index in [1.54, 1.807) is 0 Å². The summed E-state index contributed by atoms with van der Waals surface area (Å²) in [4.78, 5) is -0.228. The normalized spacial score (nSPS) is 13.9. The molecular weight excluding hydrogens is 561 g/mol.